The summed E-state index contributed by atoms with van der Waals surface area (Å²) in [6.45, 7) is 0.215. The van der Waals surface area contributed by atoms with Crippen LogP contribution in [0.2, 0.25) is 15.1 Å². The summed E-state index contributed by atoms with van der Waals surface area (Å²) in [5, 5.41) is 1.34. The van der Waals surface area contributed by atoms with Crippen molar-refractivity contribution in [3.05, 3.63) is 95.6 Å². The molecular formula is C24H15Cl3INO4. The van der Waals surface area contributed by atoms with Crippen molar-refractivity contribution in [2.24, 2.45) is 4.99 Å². The number of carbonyl (C=O) groups excluding carboxylic acids is 1. The van der Waals surface area contributed by atoms with Gasteiger partial charge in [-0.2, -0.15) is 0 Å². The summed E-state index contributed by atoms with van der Waals surface area (Å²) in [5.41, 5.74) is 2.06. The second-order valence-electron chi connectivity index (χ2n) is 6.87. The van der Waals surface area contributed by atoms with E-state index < -0.39 is 5.97 Å². The highest BCUT2D eigenvalue weighted by Crippen LogP contribution is 2.38. The highest BCUT2D eigenvalue weighted by atomic mass is 127. The number of hydrogen-bond acceptors (Lipinski definition) is 5. The van der Waals surface area contributed by atoms with Crippen LogP contribution in [0.3, 0.4) is 0 Å². The summed E-state index contributed by atoms with van der Waals surface area (Å²) in [5.74, 6) is 0.323. The zero-order valence-electron chi connectivity index (χ0n) is 17.1. The number of halogens is 4. The first-order valence-electron chi connectivity index (χ1n) is 9.57. The van der Waals surface area contributed by atoms with Crippen LogP contribution in [0.25, 0.3) is 6.08 Å². The van der Waals surface area contributed by atoms with Gasteiger partial charge in [-0.3, -0.25) is 0 Å². The molecule has 0 fully saturated rings. The SMILES string of the molecule is COc1cc(/C=C2\N=C(c3cc(I)ccc3Cl)OC2=O)cc(Cl)c1OCc1ccccc1Cl. The molecule has 0 saturated heterocycles. The van der Waals surface area contributed by atoms with Crippen LogP contribution in [0.4, 0.5) is 0 Å². The lowest BCUT2D eigenvalue weighted by molar-refractivity contribution is -0.129. The average molecular weight is 615 g/mol. The van der Waals surface area contributed by atoms with E-state index in [9.17, 15) is 4.79 Å². The Morgan fingerprint density at radius 3 is 2.58 bits per heavy atom. The lowest BCUT2D eigenvalue weighted by Crippen LogP contribution is -2.06. The van der Waals surface area contributed by atoms with Crippen molar-refractivity contribution in [1.82, 2.24) is 0 Å². The summed E-state index contributed by atoms with van der Waals surface area (Å²) in [4.78, 5) is 16.7. The third-order valence-corrected chi connectivity index (χ3v) is 6.31. The molecule has 168 valence electrons. The smallest absolute Gasteiger partial charge is 0.363 e. The van der Waals surface area contributed by atoms with Gasteiger partial charge < -0.3 is 14.2 Å². The Hall–Kier alpha value is -2.26. The first-order valence-corrected chi connectivity index (χ1v) is 11.8. The van der Waals surface area contributed by atoms with Gasteiger partial charge in [0, 0.05) is 14.2 Å². The van der Waals surface area contributed by atoms with Gasteiger partial charge in [-0.15, -0.1) is 0 Å². The van der Waals surface area contributed by atoms with Crippen LogP contribution in [0.5, 0.6) is 11.5 Å². The summed E-state index contributed by atoms with van der Waals surface area (Å²) in [7, 11) is 1.50. The molecule has 9 heteroatoms. The molecule has 1 aliphatic heterocycles. The maximum absolute atomic E-state index is 12.4. The fraction of sp³-hybridized carbons (Fsp3) is 0.0833. The number of hydrogen-bond donors (Lipinski definition) is 0. The van der Waals surface area contributed by atoms with E-state index in [1.54, 1.807) is 36.4 Å². The zero-order chi connectivity index (χ0) is 23.5. The minimum atomic E-state index is -0.589. The second kappa shape index (κ2) is 10.3. The number of rotatable bonds is 6. The van der Waals surface area contributed by atoms with Gasteiger partial charge in [-0.1, -0.05) is 53.0 Å². The van der Waals surface area contributed by atoms with Crippen molar-refractivity contribution >= 4 is 75.3 Å². The van der Waals surface area contributed by atoms with Gasteiger partial charge in [0.25, 0.3) is 0 Å². The topological polar surface area (TPSA) is 57.1 Å². The van der Waals surface area contributed by atoms with E-state index in [2.05, 4.69) is 27.6 Å². The molecule has 0 amide bonds. The molecular weight excluding hydrogens is 600 g/mol. The molecule has 3 aromatic carbocycles. The van der Waals surface area contributed by atoms with E-state index in [1.165, 1.54) is 7.11 Å². The Balaban J connectivity index is 1.62. The first-order chi connectivity index (χ1) is 15.9. The Labute approximate surface area is 219 Å². The van der Waals surface area contributed by atoms with Gasteiger partial charge in [-0.25, -0.2) is 9.79 Å². The number of benzene rings is 3. The quantitative estimate of drug-likeness (QED) is 0.168. The number of aliphatic imine (C=N–C) groups is 1. The molecule has 4 rings (SSSR count). The van der Waals surface area contributed by atoms with Crippen LogP contribution >= 0.6 is 57.4 Å². The summed E-state index contributed by atoms with van der Waals surface area (Å²) in [6.07, 6.45) is 1.56. The lowest BCUT2D eigenvalue weighted by Gasteiger charge is -2.14. The molecule has 0 radical (unpaired) electrons. The minimum Gasteiger partial charge on any atom is -0.493 e. The Morgan fingerprint density at radius 2 is 1.82 bits per heavy atom. The van der Waals surface area contributed by atoms with Crippen molar-refractivity contribution < 1.29 is 19.0 Å². The molecule has 0 spiro atoms. The molecule has 5 nitrogen and oxygen atoms in total. The van der Waals surface area contributed by atoms with Crippen molar-refractivity contribution in [2.45, 2.75) is 6.61 Å². The number of nitrogens with zero attached hydrogens (tertiary/aromatic N) is 1. The van der Waals surface area contributed by atoms with Crippen LogP contribution in [0, 0.1) is 3.57 Å². The molecule has 0 bridgehead atoms. The second-order valence-corrected chi connectivity index (χ2v) is 9.34. The molecule has 1 aliphatic rings. The molecule has 0 aromatic heterocycles. The van der Waals surface area contributed by atoms with Crippen LogP contribution < -0.4 is 9.47 Å². The van der Waals surface area contributed by atoms with E-state index in [0.717, 1.165) is 9.13 Å². The van der Waals surface area contributed by atoms with E-state index >= 15 is 0 Å². The maximum Gasteiger partial charge on any atom is 0.363 e. The summed E-state index contributed by atoms with van der Waals surface area (Å²) < 4.78 is 17.6. The Bertz CT molecular complexity index is 1310. The van der Waals surface area contributed by atoms with Gasteiger partial charge in [0.1, 0.15) is 6.61 Å². The Morgan fingerprint density at radius 1 is 1.03 bits per heavy atom. The highest BCUT2D eigenvalue weighted by molar-refractivity contribution is 14.1. The van der Waals surface area contributed by atoms with E-state index in [0.29, 0.717) is 37.7 Å². The lowest BCUT2D eigenvalue weighted by atomic mass is 10.1. The van der Waals surface area contributed by atoms with Gasteiger partial charge in [0.05, 0.1) is 22.7 Å². The highest BCUT2D eigenvalue weighted by Gasteiger charge is 2.26. The molecule has 33 heavy (non-hydrogen) atoms. The van der Waals surface area contributed by atoms with E-state index in [1.807, 2.05) is 24.3 Å². The average Bonchev–Trinajstić information content (AvgIpc) is 3.15. The van der Waals surface area contributed by atoms with Crippen molar-refractivity contribution in [3.8, 4) is 11.5 Å². The fourth-order valence-electron chi connectivity index (χ4n) is 3.07. The predicted octanol–water partition coefficient (Wildman–Crippen LogP) is 7.18. The van der Waals surface area contributed by atoms with Crippen molar-refractivity contribution in [1.29, 1.82) is 0 Å². The van der Waals surface area contributed by atoms with Gasteiger partial charge >= 0.3 is 5.97 Å². The number of methoxy groups -OCH3 is 1. The number of ether oxygens (including phenoxy) is 3. The molecule has 0 aliphatic carbocycles. The normalized spacial score (nSPS) is 14.3. The van der Waals surface area contributed by atoms with Crippen molar-refractivity contribution in [2.75, 3.05) is 7.11 Å². The number of cyclic esters (lactones) is 1. The van der Waals surface area contributed by atoms with Gasteiger partial charge in [0.15, 0.2) is 17.2 Å². The van der Waals surface area contributed by atoms with E-state index in [-0.39, 0.29) is 18.2 Å². The minimum absolute atomic E-state index is 0.114. The standard InChI is InChI=1S/C24H15Cl3INO4/c1-31-21-10-13(8-19(27)22(21)32-12-14-4-2-3-5-17(14)25)9-20-24(30)33-23(29-20)16-11-15(28)6-7-18(16)26/h2-11H,12H2,1H3/b20-9-. The van der Waals surface area contributed by atoms with Crippen LogP contribution in [-0.4, -0.2) is 19.0 Å². The van der Waals surface area contributed by atoms with Crippen molar-refractivity contribution in [3.63, 3.8) is 0 Å². The predicted molar refractivity (Wildman–Crippen MR) is 139 cm³/mol. The molecule has 0 N–H and O–H groups in total. The zero-order valence-corrected chi connectivity index (χ0v) is 21.5. The fourth-order valence-corrected chi connectivity index (χ4v) is 4.23. The van der Waals surface area contributed by atoms with E-state index in [4.69, 9.17) is 49.0 Å². The maximum atomic E-state index is 12.4. The third-order valence-electron chi connectivity index (χ3n) is 4.66. The summed E-state index contributed by atoms with van der Waals surface area (Å²) >= 11 is 21.1. The first kappa shape index (κ1) is 23.9. The van der Waals surface area contributed by atoms with Gasteiger partial charge in [0.2, 0.25) is 5.90 Å². The largest absolute Gasteiger partial charge is 0.493 e. The molecule has 3 aromatic rings. The molecule has 0 unspecified atom stereocenters. The van der Waals surface area contributed by atoms with Crippen LogP contribution in [-0.2, 0) is 16.1 Å². The summed E-state index contributed by atoms with van der Waals surface area (Å²) in [6, 6.07) is 16.1. The van der Waals surface area contributed by atoms with Gasteiger partial charge in [-0.05, 0) is 70.6 Å². The monoisotopic (exact) mass is 613 g/mol. The van der Waals surface area contributed by atoms with Crippen LogP contribution in [0.1, 0.15) is 16.7 Å². The Kier molecular flexibility index (Phi) is 7.48. The van der Waals surface area contributed by atoms with Crippen LogP contribution in [0.15, 0.2) is 65.3 Å². The number of esters is 1. The third kappa shape index (κ3) is 5.46. The molecule has 1 heterocycles. The molecule has 0 saturated carbocycles. The molecule has 0 atom stereocenters. The number of carbonyl (C=O) groups is 1.